The SMILES string of the molecule is NCC#Cc1cnc(NC(=O)C2CCC(=O)N2)s1. The van der Waals surface area contributed by atoms with Crippen LogP contribution in [0.2, 0.25) is 0 Å². The molecule has 0 aliphatic carbocycles. The molecule has 4 N–H and O–H groups in total. The van der Waals surface area contributed by atoms with Gasteiger partial charge in [-0.25, -0.2) is 4.98 Å². The second kappa shape index (κ2) is 5.62. The smallest absolute Gasteiger partial charge is 0.248 e. The maximum absolute atomic E-state index is 11.8. The van der Waals surface area contributed by atoms with Gasteiger partial charge < -0.3 is 16.4 Å². The van der Waals surface area contributed by atoms with Crippen LogP contribution in [0.25, 0.3) is 0 Å². The summed E-state index contributed by atoms with van der Waals surface area (Å²) in [6, 6.07) is -0.458. The van der Waals surface area contributed by atoms with E-state index in [1.165, 1.54) is 11.3 Å². The molecule has 1 unspecified atom stereocenters. The maximum atomic E-state index is 11.8. The Morgan fingerprint density at radius 3 is 3.22 bits per heavy atom. The molecule has 2 rings (SSSR count). The van der Waals surface area contributed by atoms with Crippen molar-refractivity contribution in [3.63, 3.8) is 0 Å². The molecule has 0 aromatic carbocycles. The van der Waals surface area contributed by atoms with E-state index in [2.05, 4.69) is 27.5 Å². The average molecular weight is 264 g/mol. The summed E-state index contributed by atoms with van der Waals surface area (Å²) in [5.74, 6) is 5.21. The maximum Gasteiger partial charge on any atom is 0.248 e. The van der Waals surface area contributed by atoms with Gasteiger partial charge in [0.25, 0.3) is 0 Å². The first kappa shape index (κ1) is 12.5. The van der Waals surface area contributed by atoms with Crippen molar-refractivity contribution >= 4 is 28.3 Å². The third-order valence-electron chi connectivity index (χ3n) is 2.36. The molecule has 94 valence electrons. The number of amides is 2. The van der Waals surface area contributed by atoms with E-state index in [1.54, 1.807) is 6.20 Å². The summed E-state index contributed by atoms with van der Waals surface area (Å²) in [4.78, 5) is 27.5. The zero-order valence-corrected chi connectivity index (χ0v) is 10.3. The zero-order chi connectivity index (χ0) is 13.0. The van der Waals surface area contributed by atoms with Crippen LogP contribution in [0.1, 0.15) is 17.7 Å². The number of hydrogen-bond acceptors (Lipinski definition) is 5. The van der Waals surface area contributed by atoms with Crippen molar-refractivity contribution < 1.29 is 9.59 Å². The lowest BCUT2D eigenvalue weighted by Crippen LogP contribution is -2.37. The largest absolute Gasteiger partial charge is 0.344 e. The van der Waals surface area contributed by atoms with Crippen molar-refractivity contribution in [2.45, 2.75) is 18.9 Å². The number of nitrogens with two attached hydrogens (primary N) is 1. The van der Waals surface area contributed by atoms with Crippen LogP contribution in [0, 0.1) is 11.8 Å². The highest BCUT2D eigenvalue weighted by molar-refractivity contribution is 7.16. The monoisotopic (exact) mass is 264 g/mol. The average Bonchev–Trinajstić information content (AvgIpc) is 2.96. The molecule has 1 aliphatic heterocycles. The molecule has 1 aromatic heterocycles. The van der Waals surface area contributed by atoms with Gasteiger partial charge in [0.2, 0.25) is 11.8 Å². The Bertz CT molecular complexity index is 529. The van der Waals surface area contributed by atoms with E-state index in [4.69, 9.17) is 5.73 Å². The zero-order valence-electron chi connectivity index (χ0n) is 9.53. The van der Waals surface area contributed by atoms with Gasteiger partial charge in [0.1, 0.15) is 6.04 Å². The second-order valence-electron chi connectivity index (χ2n) is 3.68. The Labute approximate surface area is 108 Å². The number of carbonyl (C=O) groups excluding carboxylic acids is 2. The van der Waals surface area contributed by atoms with Gasteiger partial charge in [-0.3, -0.25) is 9.59 Å². The molecule has 0 spiro atoms. The number of carbonyl (C=O) groups is 2. The van der Waals surface area contributed by atoms with Crippen LogP contribution in [-0.4, -0.2) is 29.4 Å². The van der Waals surface area contributed by atoms with Gasteiger partial charge in [-0.05, 0) is 6.42 Å². The number of anilines is 1. The summed E-state index contributed by atoms with van der Waals surface area (Å²) in [6.45, 7) is 0.285. The highest BCUT2D eigenvalue weighted by Gasteiger charge is 2.27. The Balaban J connectivity index is 1.95. The van der Waals surface area contributed by atoms with Crippen LogP contribution in [0.15, 0.2) is 6.20 Å². The summed E-state index contributed by atoms with van der Waals surface area (Å²) >= 11 is 1.28. The van der Waals surface area contributed by atoms with Gasteiger partial charge in [-0.15, -0.1) is 0 Å². The first-order chi connectivity index (χ1) is 8.69. The predicted octanol–water partition coefficient (Wildman–Crippen LogP) is -0.330. The number of hydrogen-bond donors (Lipinski definition) is 3. The number of nitrogens with one attached hydrogen (secondary N) is 2. The Morgan fingerprint density at radius 1 is 1.72 bits per heavy atom. The molecule has 6 nitrogen and oxygen atoms in total. The van der Waals surface area contributed by atoms with Crippen LogP contribution < -0.4 is 16.4 Å². The normalized spacial score (nSPS) is 17.8. The van der Waals surface area contributed by atoms with E-state index in [9.17, 15) is 9.59 Å². The van der Waals surface area contributed by atoms with Crippen LogP contribution in [0.4, 0.5) is 5.13 Å². The predicted molar refractivity (Wildman–Crippen MR) is 67.8 cm³/mol. The van der Waals surface area contributed by atoms with E-state index in [0.29, 0.717) is 18.0 Å². The number of aromatic nitrogens is 1. The first-order valence-corrected chi connectivity index (χ1v) is 6.25. The van der Waals surface area contributed by atoms with Crippen molar-refractivity contribution in [1.82, 2.24) is 10.3 Å². The standard InChI is InChI=1S/C11H12N4O2S/c12-5-1-2-7-6-13-11(18-7)15-10(17)8-3-4-9(16)14-8/h6,8H,3-5,12H2,(H,14,16)(H,13,15,17). The fraction of sp³-hybridized carbons (Fsp3) is 0.364. The molecule has 18 heavy (non-hydrogen) atoms. The molecule has 0 saturated carbocycles. The molecule has 0 bridgehead atoms. The second-order valence-corrected chi connectivity index (χ2v) is 4.71. The molecule has 1 atom stereocenters. The molecule has 1 saturated heterocycles. The van der Waals surface area contributed by atoms with E-state index >= 15 is 0 Å². The third kappa shape index (κ3) is 3.06. The van der Waals surface area contributed by atoms with Gasteiger partial charge in [-0.2, -0.15) is 0 Å². The number of rotatable bonds is 2. The molecule has 2 heterocycles. The van der Waals surface area contributed by atoms with Crippen LogP contribution in [0.3, 0.4) is 0 Å². The van der Waals surface area contributed by atoms with E-state index in [0.717, 1.165) is 4.88 Å². The Morgan fingerprint density at radius 2 is 2.56 bits per heavy atom. The summed E-state index contributed by atoms with van der Waals surface area (Å²) in [5, 5.41) is 5.73. The Hall–Kier alpha value is -1.91. The van der Waals surface area contributed by atoms with Crippen LogP contribution in [0.5, 0.6) is 0 Å². The molecule has 1 aliphatic rings. The molecule has 0 radical (unpaired) electrons. The highest BCUT2D eigenvalue weighted by atomic mass is 32.1. The van der Waals surface area contributed by atoms with Crippen molar-refractivity contribution in [1.29, 1.82) is 0 Å². The van der Waals surface area contributed by atoms with Crippen LogP contribution >= 0.6 is 11.3 Å². The molecular formula is C11H12N4O2S. The lowest BCUT2D eigenvalue weighted by Gasteiger charge is -2.07. The fourth-order valence-electron chi connectivity index (χ4n) is 1.53. The van der Waals surface area contributed by atoms with E-state index < -0.39 is 6.04 Å². The number of thiazole rings is 1. The van der Waals surface area contributed by atoms with Crippen molar-refractivity contribution in [3.8, 4) is 11.8 Å². The van der Waals surface area contributed by atoms with Gasteiger partial charge in [0, 0.05) is 6.42 Å². The van der Waals surface area contributed by atoms with Crippen molar-refractivity contribution in [2.75, 3.05) is 11.9 Å². The van der Waals surface area contributed by atoms with Gasteiger partial charge in [0.05, 0.1) is 17.6 Å². The summed E-state index contributed by atoms with van der Waals surface area (Å²) in [6.07, 6.45) is 2.50. The lowest BCUT2D eigenvalue weighted by atomic mass is 10.2. The summed E-state index contributed by atoms with van der Waals surface area (Å²) < 4.78 is 0. The molecular weight excluding hydrogens is 252 g/mol. The highest BCUT2D eigenvalue weighted by Crippen LogP contribution is 2.18. The van der Waals surface area contributed by atoms with Crippen molar-refractivity contribution in [3.05, 3.63) is 11.1 Å². The molecule has 2 amide bonds. The van der Waals surface area contributed by atoms with Gasteiger partial charge >= 0.3 is 0 Å². The quantitative estimate of drug-likeness (QED) is 0.637. The van der Waals surface area contributed by atoms with Crippen molar-refractivity contribution in [2.24, 2.45) is 5.73 Å². The van der Waals surface area contributed by atoms with Crippen LogP contribution in [-0.2, 0) is 9.59 Å². The van der Waals surface area contributed by atoms with E-state index in [1.807, 2.05) is 0 Å². The molecule has 1 aromatic rings. The molecule has 1 fully saturated rings. The Kier molecular flexibility index (Phi) is 3.92. The minimum absolute atomic E-state index is 0.0937. The summed E-state index contributed by atoms with van der Waals surface area (Å²) in [7, 11) is 0. The summed E-state index contributed by atoms with van der Waals surface area (Å²) in [5.41, 5.74) is 5.26. The topological polar surface area (TPSA) is 97.1 Å². The lowest BCUT2D eigenvalue weighted by molar-refractivity contribution is -0.122. The first-order valence-electron chi connectivity index (χ1n) is 5.44. The third-order valence-corrected chi connectivity index (χ3v) is 3.19. The van der Waals surface area contributed by atoms with Gasteiger partial charge in [0.15, 0.2) is 5.13 Å². The van der Waals surface area contributed by atoms with Gasteiger partial charge in [-0.1, -0.05) is 23.2 Å². The minimum atomic E-state index is -0.458. The fourth-order valence-corrected chi connectivity index (χ4v) is 2.23. The van der Waals surface area contributed by atoms with E-state index in [-0.39, 0.29) is 18.4 Å². The number of nitrogens with zero attached hydrogens (tertiary/aromatic N) is 1. The molecule has 7 heteroatoms. The minimum Gasteiger partial charge on any atom is -0.344 e.